The van der Waals surface area contributed by atoms with Gasteiger partial charge in [0.05, 0.1) is 19.1 Å². The van der Waals surface area contributed by atoms with Crippen molar-refractivity contribution in [1.82, 2.24) is 24.3 Å². The fourth-order valence-corrected chi connectivity index (χ4v) is 4.92. The van der Waals surface area contributed by atoms with Crippen molar-refractivity contribution in [1.29, 1.82) is 0 Å². The largest absolute Gasteiger partial charge is 0.573 e. The molecule has 15 heteroatoms. The summed E-state index contributed by atoms with van der Waals surface area (Å²) in [5.41, 5.74) is 0.389. The Morgan fingerprint density at radius 3 is 2.41 bits per heavy atom. The van der Waals surface area contributed by atoms with Gasteiger partial charge in [-0.25, -0.2) is 9.78 Å². The fraction of sp³-hybridized carbons (Fsp3) is 0.542. The van der Waals surface area contributed by atoms with Gasteiger partial charge in [0, 0.05) is 40.3 Å². The van der Waals surface area contributed by atoms with E-state index < -0.39 is 36.8 Å². The first kappa shape index (κ1) is 28.5. The van der Waals surface area contributed by atoms with Crippen LogP contribution >= 0.6 is 0 Å². The summed E-state index contributed by atoms with van der Waals surface area (Å²) in [6.07, 6.45) is -7.14. The third-order valence-electron chi connectivity index (χ3n) is 6.72. The smallest absolute Gasteiger partial charge is 0.406 e. The number of ether oxygens (including phenoxy) is 2. The minimum absolute atomic E-state index is 0.0372. The number of amides is 2. The molecule has 2 aromatic rings. The summed E-state index contributed by atoms with van der Waals surface area (Å²) in [5, 5.41) is 0. The monoisotopic (exact) mass is 563 g/mol. The lowest BCUT2D eigenvalue weighted by Gasteiger charge is -2.26. The second-order valence-electron chi connectivity index (χ2n) is 9.87. The molecule has 0 bridgehead atoms. The Labute approximate surface area is 219 Å². The molecule has 1 aliphatic carbocycles. The molecule has 39 heavy (non-hydrogen) atoms. The molecule has 2 atom stereocenters. The van der Waals surface area contributed by atoms with Crippen molar-refractivity contribution >= 4 is 12.0 Å². The Kier molecular flexibility index (Phi) is 8.00. The zero-order valence-corrected chi connectivity index (χ0v) is 21.1. The Hall–Kier alpha value is -3.49. The van der Waals surface area contributed by atoms with Crippen molar-refractivity contribution in [3.05, 3.63) is 42.4 Å². The Balaban J connectivity index is 1.37. The number of fused-ring (bicyclic) bond motifs is 1. The van der Waals surface area contributed by atoms with E-state index in [4.69, 9.17) is 4.74 Å². The molecule has 0 N–H and O–H groups in total. The molecule has 2 heterocycles. The second kappa shape index (κ2) is 10.9. The summed E-state index contributed by atoms with van der Waals surface area (Å²) >= 11 is 0. The van der Waals surface area contributed by atoms with Crippen molar-refractivity contribution in [3.63, 3.8) is 0 Å². The number of aromatic nitrogens is 2. The zero-order valence-electron chi connectivity index (χ0n) is 21.1. The summed E-state index contributed by atoms with van der Waals surface area (Å²) in [6, 6.07) is 5.28. The van der Waals surface area contributed by atoms with Crippen LogP contribution in [0.1, 0.15) is 5.56 Å². The number of aryl methyl sites for hydroxylation is 1. The summed E-state index contributed by atoms with van der Waals surface area (Å²) in [5.74, 6) is -0.712. The first-order valence-corrected chi connectivity index (χ1v) is 12.0. The van der Waals surface area contributed by atoms with Crippen molar-refractivity contribution in [2.24, 2.45) is 24.8 Å². The van der Waals surface area contributed by atoms with E-state index in [-0.39, 0.29) is 43.3 Å². The average molecular weight is 563 g/mol. The minimum Gasteiger partial charge on any atom is -0.406 e. The van der Waals surface area contributed by atoms with Crippen molar-refractivity contribution in [3.8, 4) is 11.6 Å². The lowest BCUT2D eigenvalue weighted by Crippen LogP contribution is -2.43. The molecule has 2 unspecified atom stereocenters. The fourth-order valence-electron chi connectivity index (χ4n) is 4.92. The summed E-state index contributed by atoms with van der Waals surface area (Å²) in [6.45, 7) is -0.304. The van der Waals surface area contributed by atoms with Crippen molar-refractivity contribution < 1.29 is 45.4 Å². The van der Waals surface area contributed by atoms with Gasteiger partial charge in [0.15, 0.2) is 0 Å². The second-order valence-corrected chi connectivity index (χ2v) is 9.87. The van der Waals surface area contributed by atoms with Gasteiger partial charge >= 0.3 is 18.6 Å². The number of hydrogen-bond donors (Lipinski definition) is 0. The maximum atomic E-state index is 13.0. The highest BCUT2D eigenvalue weighted by molar-refractivity contribution is 5.78. The van der Waals surface area contributed by atoms with Crippen LogP contribution in [0.5, 0.6) is 11.6 Å². The molecule has 214 valence electrons. The van der Waals surface area contributed by atoms with E-state index in [9.17, 15) is 35.9 Å². The number of benzene rings is 1. The van der Waals surface area contributed by atoms with Crippen molar-refractivity contribution in [2.45, 2.75) is 19.1 Å². The normalized spacial score (nSPS) is 20.9. The van der Waals surface area contributed by atoms with Crippen LogP contribution in [0.15, 0.2) is 36.8 Å². The van der Waals surface area contributed by atoms with Gasteiger partial charge in [-0.2, -0.15) is 13.2 Å². The van der Waals surface area contributed by atoms with E-state index in [2.05, 4.69) is 9.72 Å². The molecule has 0 radical (unpaired) electrons. The number of halogens is 6. The number of carbonyl (C=O) groups is 2. The Morgan fingerprint density at radius 1 is 1.13 bits per heavy atom. The van der Waals surface area contributed by atoms with Gasteiger partial charge in [-0.15, -0.1) is 13.2 Å². The average Bonchev–Trinajstić information content (AvgIpc) is 3.09. The topological polar surface area (TPSA) is 80.1 Å². The molecule has 1 saturated carbocycles. The number of carbonyl (C=O) groups excluding carboxylic acids is 2. The lowest BCUT2D eigenvalue weighted by atomic mass is 10.2. The lowest BCUT2D eigenvalue weighted by molar-refractivity contribution is -0.274. The van der Waals surface area contributed by atoms with E-state index in [0.717, 1.165) is 13.1 Å². The van der Waals surface area contributed by atoms with Crippen LogP contribution in [-0.4, -0.2) is 88.6 Å². The van der Waals surface area contributed by atoms with E-state index in [1.165, 1.54) is 29.6 Å². The number of imidazole rings is 1. The molecule has 1 aromatic heterocycles. The number of hydrogen-bond acceptors (Lipinski definition) is 6. The zero-order chi connectivity index (χ0) is 28.5. The first-order valence-electron chi connectivity index (χ1n) is 12.0. The predicted molar refractivity (Wildman–Crippen MR) is 123 cm³/mol. The molecule has 9 nitrogen and oxygen atoms in total. The van der Waals surface area contributed by atoms with E-state index in [1.54, 1.807) is 22.6 Å². The number of nitrogens with zero attached hydrogens (tertiary/aromatic N) is 5. The maximum absolute atomic E-state index is 13.0. The Morgan fingerprint density at radius 2 is 1.82 bits per heavy atom. The molecule has 4 rings (SSSR count). The SMILES string of the molecule is CN(CC(F)(F)F)C(=O)CN1CC2C(C1)C2CN(Cc1cccc(OC(F)(F)F)c1)C(=O)Oc1cn(C)cn1. The molecule has 1 aromatic carbocycles. The summed E-state index contributed by atoms with van der Waals surface area (Å²) < 4.78 is 86.6. The molecule has 2 aliphatic rings. The van der Waals surface area contributed by atoms with E-state index in [1.807, 2.05) is 0 Å². The first-order chi connectivity index (χ1) is 18.2. The van der Waals surface area contributed by atoms with Gasteiger partial charge in [0.2, 0.25) is 11.8 Å². The van der Waals surface area contributed by atoms with Gasteiger partial charge in [0.25, 0.3) is 0 Å². The highest BCUT2D eigenvalue weighted by Crippen LogP contribution is 2.52. The summed E-state index contributed by atoms with van der Waals surface area (Å²) in [7, 11) is 2.80. The van der Waals surface area contributed by atoms with Gasteiger partial charge in [-0.1, -0.05) is 12.1 Å². The quantitative estimate of drug-likeness (QED) is 0.435. The Bertz CT molecular complexity index is 1170. The minimum atomic E-state index is -4.86. The highest BCUT2D eigenvalue weighted by Gasteiger charge is 2.56. The van der Waals surface area contributed by atoms with Gasteiger partial charge in [-0.05, 0) is 35.4 Å². The van der Waals surface area contributed by atoms with Crippen molar-refractivity contribution in [2.75, 3.05) is 39.8 Å². The molecule has 2 amide bonds. The van der Waals surface area contributed by atoms with E-state index >= 15 is 0 Å². The van der Waals surface area contributed by atoms with Crippen LogP contribution in [0.3, 0.4) is 0 Å². The standard InChI is InChI=1S/C24H27F6N5O4/c1-32-11-20(31-14-32)38-22(37)35(7-15-4-3-5-16(6-15)39-24(28,29)30)10-19-17-8-34(9-18(17)19)12-21(36)33(2)13-23(25,26)27/h3-6,11,14,17-19H,7-10,12-13H2,1-2H3. The van der Waals surface area contributed by atoms with Crippen LogP contribution in [0.25, 0.3) is 0 Å². The number of rotatable bonds is 9. The predicted octanol–water partition coefficient (Wildman–Crippen LogP) is 3.52. The number of piperidine rings is 1. The van der Waals surface area contributed by atoms with Gasteiger partial charge in [0.1, 0.15) is 12.3 Å². The number of alkyl halides is 6. The van der Waals surface area contributed by atoms with E-state index in [0.29, 0.717) is 23.6 Å². The van der Waals surface area contributed by atoms with Crippen LogP contribution < -0.4 is 9.47 Å². The molecule has 1 aliphatic heterocycles. The third kappa shape index (κ3) is 8.00. The van der Waals surface area contributed by atoms with Crippen LogP contribution in [-0.2, 0) is 18.4 Å². The number of likely N-dealkylation sites (tertiary alicyclic amines) is 1. The van der Waals surface area contributed by atoms with Crippen LogP contribution in [0, 0.1) is 17.8 Å². The van der Waals surface area contributed by atoms with Gasteiger partial charge < -0.3 is 23.8 Å². The summed E-state index contributed by atoms with van der Waals surface area (Å²) in [4.78, 5) is 32.9. The molecular weight excluding hydrogens is 536 g/mol. The molecule has 2 fully saturated rings. The molecule has 1 saturated heterocycles. The van der Waals surface area contributed by atoms with Crippen LogP contribution in [0.4, 0.5) is 31.1 Å². The van der Waals surface area contributed by atoms with Crippen LogP contribution in [0.2, 0.25) is 0 Å². The highest BCUT2D eigenvalue weighted by atomic mass is 19.4. The third-order valence-corrected chi connectivity index (χ3v) is 6.72. The van der Waals surface area contributed by atoms with Gasteiger partial charge in [-0.3, -0.25) is 9.69 Å². The molecule has 0 spiro atoms. The number of likely N-dealkylation sites (N-methyl/N-ethyl adjacent to an activating group) is 1. The maximum Gasteiger partial charge on any atom is 0.573 e. The molecular formula is C24H27F6N5O4.